The molecule has 11 heavy (non-hydrogen) atoms. The number of carbonyl (C=O) groups is 1. The Kier molecular flexibility index (Phi) is 7.15. The van der Waals surface area contributed by atoms with Crippen LogP contribution in [0.15, 0.2) is 0 Å². The highest BCUT2D eigenvalue weighted by molar-refractivity contribution is 5.77. The Balaban J connectivity index is 0.000000187. The van der Waals surface area contributed by atoms with Crippen LogP contribution in [0.4, 0.5) is 0 Å². The first kappa shape index (κ1) is 10.4. The molecule has 2 N–H and O–H groups in total. The zero-order valence-corrected chi connectivity index (χ0v) is 7.10. The van der Waals surface area contributed by atoms with Crippen LogP contribution >= 0.6 is 0 Å². The Morgan fingerprint density at radius 3 is 2.45 bits per heavy atom. The van der Waals surface area contributed by atoms with Crippen LogP contribution in [0.25, 0.3) is 0 Å². The molecule has 1 aliphatic heterocycles. The second kappa shape index (κ2) is 7.54. The molecule has 0 radical (unpaired) electrons. The van der Waals surface area contributed by atoms with E-state index in [1.165, 1.54) is 0 Å². The third-order valence-corrected chi connectivity index (χ3v) is 1.41. The standard InChI is InChI=1S/C4H7NO.C4H10O/c6-4-2-1-3-5-4;1-2-3-4-5/h1-3H2,(H,5,6);5H,2-4H2,1H3. The Morgan fingerprint density at radius 2 is 2.36 bits per heavy atom. The van der Waals surface area contributed by atoms with Crippen LogP contribution < -0.4 is 5.32 Å². The highest BCUT2D eigenvalue weighted by Gasteiger charge is 2.05. The van der Waals surface area contributed by atoms with E-state index in [4.69, 9.17) is 5.11 Å². The molecular weight excluding hydrogens is 142 g/mol. The number of unbranched alkanes of at least 4 members (excludes halogenated alkanes) is 1. The van der Waals surface area contributed by atoms with Gasteiger partial charge in [-0.15, -0.1) is 0 Å². The Morgan fingerprint density at radius 1 is 1.64 bits per heavy atom. The summed E-state index contributed by atoms with van der Waals surface area (Å²) in [6, 6.07) is 0. The summed E-state index contributed by atoms with van der Waals surface area (Å²) in [5.41, 5.74) is 0. The minimum absolute atomic E-state index is 0.204. The maximum absolute atomic E-state index is 10.1. The molecule has 3 heteroatoms. The molecule has 0 saturated carbocycles. The molecule has 1 fully saturated rings. The monoisotopic (exact) mass is 159 g/mol. The van der Waals surface area contributed by atoms with Gasteiger partial charge in [0.2, 0.25) is 5.91 Å². The van der Waals surface area contributed by atoms with Gasteiger partial charge in [0.1, 0.15) is 0 Å². The fourth-order valence-electron chi connectivity index (χ4n) is 0.723. The summed E-state index contributed by atoms with van der Waals surface area (Å²) < 4.78 is 0. The van der Waals surface area contributed by atoms with Crippen LogP contribution in [0, 0.1) is 0 Å². The smallest absolute Gasteiger partial charge is 0.220 e. The third-order valence-electron chi connectivity index (χ3n) is 1.41. The van der Waals surface area contributed by atoms with Gasteiger partial charge in [0.05, 0.1) is 0 Å². The lowest BCUT2D eigenvalue weighted by atomic mass is 10.4. The predicted octanol–water partition coefficient (Wildman–Crippen LogP) is 0.675. The minimum atomic E-state index is 0.204. The highest BCUT2D eigenvalue weighted by atomic mass is 16.2. The van der Waals surface area contributed by atoms with Gasteiger partial charge in [0, 0.05) is 19.6 Å². The van der Waals surface area contributed by atoms with Crippen molar-refractivity contribution < 1.29 is 9.90 Å². The van der Waals surface area contributed by atoms with Gasteiger partial charge in [0.25, 0.3) is 0 Å². The van der Waals surface area contributed by atoms with E-state index in [1.54, 1.807) is 0 Å². The van der Waals surface area contributed by atoms with Gasteiger partial charge in [-0.05, 0) is 12.8 Å². The van der Waals surface area contributed by atoms with Gasteiger partial charge >= 0.3 is 0 Å². The van der Waals surface area contributed by atoms with E-state index < -0.39 is 0 Å². The first-order chi connectivity index (χ1) is 5.31. The summed E-state index contributed by atoms with van der Waals surface area (Å²) in [7, 11) is 0. The van der Waals surface area contributed by atoms with E-state index in [1.807, 2.05) is 0 Å². The predicted molar refractivity (Wildman–Crippen MR) is 44.2 cm³/mol. The molecular formula is C8H17NO2. The van der Waals surface area contributed by atoms with Crippen LogP contribution in [0.1, 0.15) is 32.6 Å². The quantitative estimate of drug-likeness (QED) is 0.622. The van der Waals surface area contributed by atoms with Crippen molar-refractivity contribution in [3.05, 3.63) is 0 Å². The van der Waals surface area contributed by atoms with Crippen molar-refractivity contribution in [1.29, 1.82) is 0 Å². The molecule has 0 aromatic carbocycles. The van der Waals surface area contributed by atoms with E-state index in [9.17, 15) is 4.79 Å². The lowest BCUT2D eigenvalue weighted by Gasteiger charge is -1.80. The van der Waals surface area contributed by atoms with E-state index in [-0.39, 0.29) is 5.91 Å². The zero-order chi connectivity index (χ0) is 8.53. The van der Waals surface area contributed by atoms with Crippen LogP contribution in [0.2, 0.25) is 0 Å². The molecule has 1 rings (SSSR count). The van der Waals surface area contributed by atoms with Crippen molar-refractivity contribution in [2.75, 3.05) is 13.2 Å². The molecule has 1 aliphatic rings. The lowest BCUT2D eigenvalue weighted by Crippen LogP contribution is -2.12. The normalized spacial score (nSPS) is 15.3. The first-order valence-electron chi connectivity index (χ1n) is 4.18. The summed E-state index contributed by atoms with van der Waals surface area (Å²) in [6.07, 6.45) is 3.80. The number of hydrogen-bond acceptors (Lipinski definition) is 2. The lowest BCUT2D eigenvalue weighted by molar-refractivity contribution is -0.119. The maximum Gasteiger partial charge on any atom is 0.220 e. The summed E-state index contributed by atoms with van der Waals surface area (Å²) in [5.74, 6) is 0.204. The van der Waals surface area contributed by atoms with Crippen molar-refractivity contribution in [3.63, 3.8) is 0 Å². The van der Waals surface area contributed by atoms with Gasteiger partial charge in [-0.2, -0.15) is 0 Å². The fourth-order valence-corrected chi connectivity index (χ4v) is 0.723. The molecule has 66 valence electrons. The zero-order valence-electron chi connectivity index (χ0n) is 7.10. The van der Waals surface area contributed by atoms with Gasteiger partial charge in [-0.3, -0.25) is 4.79 Å². The number of nitrogens with one attached hydrogen (secondary N) is 1. The molecule has 0 aromatic rings. The van der Waals surface area contributed by atoms with Crippen molar-refractivity contribution in [2.45, 2.75) is 32.6 Å². The third kappa shape index (κ3) is 7.33. The van der Waals surface area contributed by atoms with Crippen molar-refractivity contribution in [2.24, 2.45) is 0 Å². The van der Waals surface area contributed by atoms with Crippen LogP contribution in [0.5, 0.6) is 0 Å². The average Bonchev–Trinajstić information content (AvgIpc) is 2.43. The second-order valence-corrected chi connectivity index (χ2v) is 2.53. The molecule has 0 spiro atoms. The van der Waals surface area contributed by atoms with Crippen molar-refractivity contribution >= 4 is 5.91 Å². The Labute approximate surface area is 67.8 Å². The first-order valence-corrected chi connectivity index (χ1v) is 4.18. The topological polar surface area (TPSA) is 49.3 Å². The summed E-state index contributed by atoms with van der Waals surface area (Å²) in [6.45, 7) is 3.28. The number of carbonyl (C=O) groups excluding carboxylic acids is 1. The average molecular weight is 159 g/mol. The van der Waals surface area contributed by atoms with Crippen LogP contribution in [-0.4, -0.2) is 24.2 Å². The molecule has 1 heterocycles. The SMILES string of the molecule is CCCCO.O=C1CCCN1. The Bertz CT molecular complexity index is 94.3. The largest absolute Gasteiger partial charge is 0.396 e. The molecule has 1 amide bonds. The molecule has 0 aromatic heterocycles. The molecule has 3 nitrogen and oxygen atoms in total. The van der Waals surface area contributed by atoms with Gasteiger partial charge in [-0.25, -0.2) is 0 Å². The number of aliphatic hydroxyl groups excluding tert-OH is 1. The van der Waals surface area contributed by atoms with Gasteiger partial charge < -0.3 is 10.4 Å². The van der Waals surface area contributed by atoms with Crippen LogP contribution in [0.3, 0.4) is 0 Å². The number of amides is 1. The van der Waals surface area contributed by atoms with Crippen LogP contribution in [-0.2, 0) is 4.79 Å². The Hall–Kier alpha value is -0.570. The van der Waals surface area contributed by atoms with Gasteiger partial charge in [-0.1, -0.05) is 13.3 Å². The van der Waals surface area contributed by atoms with E-state index in [2.05, 4.69) is 12.2 Å². The number of hydrogen-bond donors (Lipinski definition) is 2. The number of rotatable bonds is 2. The highest BCUT2D eigenvalue weighted by Crippen LogP contribution is 1.93. The molecule has 0 unspecified atom stereocenters. The van der Waals surface area contributed by atoms with Crippen molar-refractivity contribution in [1.82, 2.24) is 5.32 Å². The summed E-state index contributed by atoms with van der Waals surface area (Å²) in [5, 5.41) is 10.7. The molecule has 0 atom stereocenters. The molecule has 0 aliphatic carbocycles. The minimum Gasteiger partial charge on any atom is -0.396 e. The maximum atomic E-state index is 10.1. The summed E-state index contributed by atoms with van der Waals surface area (Å²) in [4.78, 5) is 10.1. The van der Waals surface area contributed by atoms with E-state index in [0.29, 0.717) is 6.61 Å². The number of aliphatic hydroxyl groups is 1. The van der Waals surface area contributed by atoms with Crippen molar-refractivity contribution in [3.8, 4) is 0 Å². The van der Waals surface area contributed by atoms with E-state index in [0.717, 1.165) is 32.2 Å². The molecule has 1 saturated heterocycles. The fraction of sp³-hybridized carbons (Fsp3) is 0.875. The second-order valence-electron chi connectivity index (χ2n) is 2.53. The molecule has 0 bridgehead atoms. The van der Waals surface area contributed by atoms with E-state index >= 15 is 0 Å². The van der Waals surface area contributed by atoms with Gasteiger partial charge in [0.15, 0.2) is 0 Å². The summed E-state index contributed by atoms with van der Waals surface area (Å²) >= 11 is 0.